The maximum absolute atomic E-state index is 5.88. The van der Waals surface area contributed by atoms with Gasteiger partial charge in [-0.05, 0) is 32.2 Å². The molecule has 0 radical (unpaired) electrons. The molecule has 4 nitrogen and oxygen atoms in total. The van der Waals surface area contributed by atoms with Gasteiger partial charge in [-0.1, -0.05) is 12.1 Å². The lowest BCUT2D eigenvalue weighted by molar-refractivity contribution is 0.582. The fourth-order valence-corrected chi connectivity index (χ4v) is 2.50. The zero-order chi connectivity index (χ0) is 13.8. The smallest absolute Gasteiger partial charge is 0.229 e. The molecule has 0 atom stereocenters. The van der Waals surface area contributed by atoms with E-state index in [1.807, 2.05) is 49.0 Å². The summed E-state index contributed by atoms with van der Waals surface area (Å²) in [5.74, 6) is 0.861. The van der Waals surface area contributed by atoms with Gasteiger partial charge in [0.1, 0.15) is 11.4 Å². The van der Waals surface area contributed by atoms with Crippen LogP contribution in [0.1, 0.15) is 11.4 Å². The normalized spacial score (nSPS) is 11.4. The van der Waals surface area contributed by atoms with E-state index in [1.165, 1.54) is 0 Å². The van der Waals surface area contributed by atoms with Crippen LogP contribution < -0.4 is 4.43 Å². The Kier molecular flexibility index (Phi) is 4.16. The summed E-state index contributed by atoms with van der Waals surface area (Å²) in [5, 5.41) is 0. The lowest BCUT2D eigenvalue weighted by Gasteiger charge is -2.11. The second-order valence-electron chi connectivity index (χ2n) is 4.72. The standard InChI is InChI=1S/C14H19N3OSi/c1-11-13(17(2)10-16-11)9-15-12-7-5-6-8-14(12)18-19(3)4/h5-10,19H,1-4H3. The number of aliphatic imine (C=N–C) groups is 1. The number of rotatable bonds is 4. The maximum Gasteiger partial charge on any atom is 0.229 e. The molecule has 0 unspecified atom stereocenters. The Morgan fingerprint density at radius 3 is 2.68 bits per heavy atom. The molecule has 0 spiro atoms. The number of benzene rings is 1. The van der Waals surface area contributed by atoms with Crippen molar-refractivity contribution in [1.29, 1.82) is 0 Å². The van der Waals surface area contributed by atoms with Gasteiger partial charge in [-0.2, -0.15) is 0 Å². The molecule has 0 amide bonds. The highest BCUT2D eigenvalue weighted by molar-refractivity contribution is 6.49. The van der Waals surface area contributed by atoms with Gasteiger partial charge >= 0.3 is 0 Å². The second-order valence-corrected chi connectivity index (χ2v) is 7.05. The molecule has 0 fully saturated rings. The van der Waals surface area contributed by atoms with Crippen molar-refractivity contribution in [2.75, 3.05) is 0 Å². The van der Waals surface area contributed by atoms with E-state index in [4.69, 9.17) is 4.43 Å². The van der Waals surface area contributed by atoms with Crippen molar-refractivity contribution >= 4 is 20.9 Å². The van der Waals surface area contributed by atoms with Crippen molar-refractivity contribution in [2.24, 2.45) is 12.0 Å². The molecule has 5 heteroatoms. The first-order valence-corrected chi connectivity index (χ1v) is 9.13. The quantitative estimate of drug-likeness (QED) is 0.635. The first-order chi connectivity index (χ1) is 9.08. The second kappa shape index (κ2) is 5.84. The lowest BCUT2D eigenvalue weighted by Crippen LogP contribution is -2.11. The number of imidazole rings is 1. The molecule has 2 aromatic rings. The highest BCUT2D eigenvalue weighted by Gasteiger charge is 2.05. The molecule has 0 saturated carbocycles. The Balaban J connectivity index is 2.28. The molecular weight excluding hydrogens is 254 g/mol. The van der Waals surface area contributed by atoms with Crippen molar-refractivity contribution in [3.05, 3.63) is 42.0 Å². The molecule has 0 aliphatic rings. The Bertz CT molecular complexity index is 571. The largest absolute Gasteiger partial charge is 0.546 e. The van der Waals surface area contributed by atoms with Gasteiger partial charge in [-0.3, -0.25) is 4.99 Å². The van der Waals surface area contributed by atoms with E-state index in [0.717, 1.165) is 22.8 Å². The lowest BCUT2D eigenvalue weighted by atomic mass is 10.3. The van der Waals surface area contributed by atoms with Gasteiger partial charge in [0, 0.05) is 7.05 Å². The minimum Gasteiger partial charge on any atom is -0.546 e. The van der Waals surface area contributed by atoms with Gasteiger partial charge in [0.2, 0.25) is 9.04 Å². The number of aromatic nitrogens is 2. The number of para-hydroxylation sites is 2. The van der Waals surface area contributed by atoms with Gasteiger partial charge in [0.05, 0.1) is 23.9 Å². The van der Waals surface area contributed by atoms with E-state index < -0.39 is 9.04 Å². The van der Waals surface area contributed by atoms with Crippen molar-refractivity contribution in [3.63, 3.8) is 0 Å². The fourth-order valence-electron chi connectivity index (χ4n) is 1.79. The van der Waals surface area contributed by atoms with Crippen LogP contribution in [0.3, 0.4) is 0 Å². The van der Waals surface area contributed by atoms with E-state index in [9.17, 15) is 0 Å². The van der Waals surface area contributed by atoms with Crippen LogP contribution in [-0.2, 0) is 7.05 Å². The molecule has 0 saturated heterocycles. The Hall–Kier alpha value is -1.88. The molecule has 100 valence electrons. The third-order valence-electron chi connectivity index (χ3n) is 2.73. The number of hydrogen-bond donors (Lipinski definition) is 0. The SMILES string of the molecule is Cc1ncn(C)c1C=Nc1ccccc1O[SiH](C)C. The molecule has 1 aromatic carbocycles. The van der Waals surface area contributed by atoms with Gasteiger partial charge in [0.15, 0.2) is 0 Å². The van der Waals surface area contributed by atoms with E-state index >= 15 is 0 Å². The van der Waals surface area contributed by atoms with Crippen LogP contribution in [0.25, 0.3) is 0 Å². The Morgan fingerprint density at radius 1 is 1.32 bits per heavy atom. The summed E-state index contributed by atoms with van der Waals surface area (Å²) in [6.45, 7) is 6.27. The molecule has 0 N–H and O–H groups in total. The summed E-state index contributed by atoms with van der Waals surface area (Å²) < 4.78 is 7.84. The molecule has 0 aliphatic heterocycles. The topological polar surface area (TPSA) is 39.4 Å². The summed E-state index contributed by atoms with van der Waals surface area (Å²) in [4.78, 5) is 8.78. The average Bonchev–Trinajstić information content (AvgIpc) is 2.68. The van der Waals surface area contributed by atoms with Crippen molar-refractivity contribution in [2.45, 2.75) is 20.0 Å². The van der Waals surface area contributed by atoms with Gasteiger partial charge in [0.25, 0.3) is 0 Å². The predicted molar refractivity (Wildman–Crippen MR) is 81.1 cm³/mol. The predicted octanol–water partition coefficient (Wildman–Crippen LogP) is 2.84. The van der Waals surface area contributed by atoms with Crippen LogP contribution in [0.4, 0.5) is 5.69 Å². The molecular formula is C14H19N3OSi. The van der Waals surface area contributed by atoms with Crippen molar-refractivity contribution in [3.8, 4) is 5.75 Å². The highest BCUT2D eigenvalue weighted by Crippen LogP contribution is 2.27. The molecule has 0 aliphatic carbocycles. The van der Waals surface area contributed by atoms with E-state index in [2.05, 4.69) is 23.1 Å². The van der Waals surface area contributed by atoms with Crippen molar-refractivity contribution < 1.29 is 4.43 Å². The molecule has 19 heavy (non-hydrogen) atoms. The van der Waals surface area contributed by atoms with Gasteiger partial charge < -0.3 is 8.99 Å². The number of aryl methyl sites for hydroxylation is 2. The Labute approximate surface area is 115 Å². The van der Waals surface area contributed by atoms with Crippen molar-refractivity contribution in [1.82, 2.24) is 9.55 Å². The highest BCUT2D eigenvalue weighted by atomic mass is 28.3. The van der Waals surface area contributed by atoms with Gasteiger partial charge in [-0.15, -0.1) is 0 Å². The third-order valence-corrected chi connectivity index (χ3v) is 3.45. The van der Waals surface area contributed by atoms with E-state index in [-0.39, 0.29) is 0 Å². The fraction of sp³-hybridized carbons (Fsp3) is 0.286. The summed E-state index contributed by atoms with van der Waals surface area (Å²) in [6, 6.07) is 7.88. The summed E-state index contributed by atoms with van der Waals surface area (Å²) in [7, 11) is 0.840. The van der Waals surface area contributed by atoms with Crippen LogP contribution in [-0.4, -0.2) is 24.8 Å². The Morgan fingerprint density at radius 2 is 2.05 bits per heavy atom. The monoisotopic (exact) mass is 273 g/mol. The zero-order valence-electron chi connectivity index (χ0n) is 11.8. The summed E-state index contributed by atoms with van der Waals surface area (Å²) in [6.07, 6.45) is 3.63. The van der Waals surface area contributed by atoms with Crippen LogP contribution in [0.2, 0.25) is 13.1 Å². The van der Waals surface area contributed by atoms with Gasteiger partial charge in [-0.25, -0.2) is 4.98 Å². The van der Waals surface area contributed by atoms with Crippen LogP contribution in [0.15, 0.2) is 35.6 Å². The minimum absolute atomic E-state index is 0.861. The first-order valence-electron chi connectivity index (χ1n) is 6.35. The average molecular weight is 273 g/mol. The number of hydrogen-bond acceptors (Lipinski definition) is 3. The zero-order valence-corrected chi connectivity index (χ0v) is 12.9. The minimum atomic E-state index is -1.12. The molecule has 0 bridgehead atoms. The summed E-state index contributed by atoms with van der Waals surface area (Å²) >= 11 is 0. The maximum atomic E-state index is 5.88. The third kappa shape index (κ3) is 3.32. The van der Waals surface area contributed by atoms with E-state index in [0.29, 0.717) is 0 Å². The van der Waals surface area contributed by atoms with Crippen LogP contribution in [0, 0.1) is 6.92 Å². The molecule has 2 rings (SSSR count). The number of nitrogens with zero attached hydrogens (tertiary/aromatic N) is 3. The van der Waals surface area contributed by atoms with Crippen LogP contribution in [0.5, 0.6) is 5.75 Å². The molecule has 1 heterocycles. The van der Waals surface area contributed by atoms with E-state index in [1.54, 1.807) is 6.33 Å². The molecule has 1 aromatic heterocycles. The first kappa shape index (κ1) is 13.5. The van der Waals surface area contributed by atoms with Crippen LogP contribution >= 0.6 is 0 Å². The summed E-state index contributed by atoms with van der Waals surface area (Å²) in [5.41, 5.74) is 2.85.